The van der Waals surface area contributed by atoms with Gasteiger partial charge in [-0.1, -0.05) is 45.9 Å². The number of hydrogen-bond donors (Lipinski definition) is 5. The molecule has 0 spiro atoms. The number of phenolic OH excluding ortho intramolecular Hbond substituents is 1. The van der Waals surface area contributed by atoms with E-state index in [0.29, 0.717) is 18.8 Å². The van der Waals surface area contributed by atoms with Crippen molar-refractivity contribution in [2.75, 3.05) is 50.6 Å². The first-order chi connectivity index (χ1) is 30.7. The highest BCUT2D eigenvalue weighted by molar-refractivity contribution is 6.16. The van der Waals surface area contributed by atoms with Crippen molar-refractivity contribution in [1.82, 2.24) is 9.88 Å². The summed E-state index contributed by atoms with van der Waals surface area (Å²) >= 11 is 0. The van der Waals surface area contributed by atoms with Crippen molar-refractivity contribution in [3.05, 3.63) is 79.5 Å². The van der Waals surface area contributed by atoms with Gasteiger partial charge in [0, 0.05) is 105 Å². The zero-order valence-electron chi connectivity index (χ0n) is 38.3. The van der Waals surface area contributed by atoms with Gasteiger partial charge in [0.15, 0.2) is 22.4 Å². The molecule has 1 fully saturated rings. The van der Waals surface area contributed by atoms with Gasteiger partial charge < -0.3 is 58.9 Å². The molecule has 4 bridgehead atoms. The summed E-state index contributed by atoms with van der Waals surface area (Å²) in [6, 6.07) is 3.12. The topological polar surface area (TPSA) is 231 Å². The molecule has 0 radical (unpaired) electrons. The molecule has 4 heterocycles. The van der Waals surface area contributed by atoms with Crippen molar-refractivity contribution in [1.29, 1.82) is 0 Å². The summed E-state index contributed by atoms with van der Waals surface area (Å²) in [4.78, 5) is 64.1. The number of aliphatic hydroxyl groups excluding tert-OH is 3. The molecule has 1 unspecified atom stereocenters. The van der Waals surface area contributed by atoms with E-state index in [1.165, 1.54) is 59.3 Å². The van der Waals surface area contributed by atoms with Crippen LogP contribution in [0.25, 0.3) is 38.7 Å². The fourth-order valence-corrected chi connectivity index (χ4v) is 9.12. The SMILES string of the molecule is CO[C@H]1/C=C/OC2(C)Oc3c(C)c(O)c4c(=O)c(c5oc6cc(N7CCN(C)CC7)cc(=O)c6nc5c4c3=C2O)NC(=O)/C(C)=C\C=C\[C@H](C)[C@H](O)[C@@H](C)[C@@H](O)[C@@H](C)[C@H](OC(C)=O)[C@@H]1C. The standard InChI is InChI=1S/C48H58N4O13/c1-22-12-11-13-23(2)47(60)50-38-42(58)34-33(37-45(38)64-32-21-29(20-30(54)36(32)49-37)52-17-15-51(9)16-18-52)35-44(27(6)41(34)57)65-48(8,46(35)59)62-19-14-31(61-10)24(3)43(63-28(7)53)26(5)40(56)25(4)39(22)55/h11-14,19-22,24-26,31,39-40,43,55-57,59H,15-18H2,1-10H3,(H,50,60)/b12-11+,19-14+,23-13-/t22-,24+,25+,26+,31-,39-,40+,43+,48?/m0/s1. The van der Waals surface area contributed by atoms with Crippen LogP contribution in [-0.4, -0.2) is 113 Å². The highest BCUT2D eigenvalue weighted by Crippen LogP contribution is 2.42. The number of aromatic hydroxyl groups is 1. The predicted molar refractivity (Wildman–Crippen MR) is 245 cm³/mol. The number of aromatic nitrogens is 1. The lowest BCUT2D eigenvalue weighted by Crippen LogP contribution is -2.46. The van der Waals surface area contributed by atoms with E-state index in [1.807, 2.05) is 11.9 Å². The molecule has 5 N–H and O–H groups in total. The van der Waals surface area contributed by atoms with Gasteiger partial charge in [0.2, 0.25) is 10.9 Å². The van der Waals surface area contributed by atoms with Crippen LogP contribution in [0.15, 0.2) is 62.3 Å². The second-order valence-electron chi connectivity index (χ2n) is 17.8. The average Bonchev–Trinajstić information content (AvgIpc) is 3.54. The molecule has 17 nitrogen and oxygen atoms in total. The quantitative estimate of drug-likeness (QED) is 0.110. The van der Waals surface area contributed by atoms with Gasteiger partial charge in [-0.2, -0.15) is 0 Å². The first-order valence-corrected chi connectivity index (χ1v) is 21.8. The predicted octanol–water partition coefficient (Wildman–Crippen LogP) is 4.31. The third-order valence-electron chi connectivity index (χ3n) is 13.3. The largest absolute Gasteiger partial charge is 0.507 e. The van der Waals surface area contributed by atoms with Gasteiger partial charge in [0.05, 0.1) is 35.2 Å². The number of benzene rings is 3. The van der Waals surface area contributed by atoms with E-state index in [4.69, 9.17) is 28.3 Å². The monoisotopic (exact) mass is 898 g/mol. The van der Waals surface area contributed by atoms with E-state index in [1.54, 1.807) is 45.9 Å². The number of carbonyl (C=O) groups excluding carboxylic acids is 2. The van der Waals surface area contributed by atoms with E-state index in [0.717, 1.165) is 13.1 Å². The van der Waals surface area contributed by atoms with Crippen LogP contribution in [-0.2, 0) is 23.8 Å². The summed E-state index contributed by atoms with van der Waals surface area (Å²) < 4.78 is 30.4. The molecule has 17 heteroatoms. The second-order valence-corrected chi connectivity index (χ2v) is 17.8. The summed E-state index contributed by atoms with van der Waals surface area (Å²) in [6.07, 6.45) is 3.56. The number of anilines is 2. The van der Waals surface area contributed by atoms with Crippen LogP contribution in [0.3, 0.4) is 0 Å². The van der Waals surface area contributed by atoms with Crippen LogP contribution in [0.4, 0.5) is 11.4 Å². The van der Waals surface area contributed by atoms with Crippen LogP contribution >= 0.6 is 0 Å². The third kappa shape index (κ3) is 8.53. The van der Waals surface area contributed by atoms with E-state index >= 15 is 0 Å². The molecule has 1 aromatic heterocycles. The van der Waals surface area contributed by atoms with Crippen molar-refractivity contribution < 1.29 is 53.4 Å². The van der Waals surface area contributed by atoms with Crippen LogP contribution < -0.4 is 31.0 Å². The minimum absolute atomic E-state index is 0.0337. The number of ether oxygens (including phenoxy) is 4. The minimum atomic E-state index is -1.98. The van der Waals surface area contributed by atoms with Crippen molar-refractivity contribution in [2.24, 2.45) is 23.7 Å². The summed E-state index contributed by atoms with van der Waals surface area (Å²) in [5.41, 5.74) is -1.39. The number of amides is 1. The maximum Gasteiger partial charge on any atom is 0.307 e. The van der Waals surface area contributed by atoms with Crippen LogP contribution in [0.5, 0.6) is 11.5 Å². The van der Waals surface area contributed by atoms with Crippen LogP contribution in [0, 0.1) is 30.6 Å². The summed E-state index contributed by atoms with van der Waals surface area (Å²) in [7, 11) is 3.46. The lowest BCUT2D eigenvalue weighted by molar-refractivity contribution is -0.160. The number of likely N-dealkylation sites (N-methyl/N-ethyl adjacent to an activating group) is 1. The highest BCUT2D eigenvalue weighted by Gasteiger charge is 2.44. The van der Waals surface area contributed by atoms with Gasteiger partial charge in [0.1, 0.15) is 28.8 Å². The highest BCUT2D eigenvalue weighted by atomic mass is 16.7. The Hall–Kier alpha value is -6.01. The number of methoxy groups -OCH3 is 1. The summed E-state index contributed by atoms with van der Waals surface area (Å²) in [6.45, 7) is 15.4. The number of allylic oxidation sites excluding steroid dienone is 2. The molecule has 0 aliphatic carbocycles. The molecule has 3 aromatic carbocycles. The zero-order chi connectivity index (χ0) is 47.4. The number of nitrogens with zero attached hydrogens (tertiary/aromatic N) is 3. The van der Waals surface area contributed by atoms with Crippen molar-refractivity contribution >= 4 is 62.0 Å². The molecule has 3 aliphatic rings. The van der Waals surface area contributed by atoms with E-state index < -0.39 is 88.1 Å². The molecular weight excluding hydrogens is 841 g/mol. The number of rotatable bonds is 3. The number of hydrogen-bond acceptors (Lipinski definition) is 16. The summed E-state index contributed by atoms with van der Waals surface area (Å²) in [5, 5.41) is 49.1. The van der Waals surface area contributed by atoms with Crippen molar-refractivity contribution in [3.63, 3.8) is 0 Å². The van der Waals surface area contributed by atoms with Gasteiger partial charge in [-0.25, -0.2) is 4.98 Å². The Kier molecular flexibility index (Phi) is 13.1. The van der Waals surface area contributed by atoms with E-state index in [2.05, 4.69) is 10.2 Å². The van der Waals surface area contributed by atoms with Crippen LogP contribution in [0.1, 0.15) is 54.0 Å². The number of esters is 1. The number of nitrogens with one attached hydrogen (secondary N) is 1. The average molecular weight is 899 g/mol. The fourth-order valence-electron chi connectivity index (χ4n) is 9.12. The first kappa shape index (κ1) is 47.0. The maximum atomic E-state index is 14.8. The Morgan fingerprint density at radius 3 is 2.29 bits per heavy atom. The Labute approximate surface area is 375 Å². The van der Waals surface area contributed by atoms with Gasteiger partial charge >= 0.3 is 11.8 Å². The molecule has 4 aromatic rings. The van der Waals surface area contributed by atoms with Crippen molar-refractivity contribution in [2.45, 2.75) is 85.6 Å². The van der Waals surface area contributed by atoms with Gasteiger partial charge in [0.25, 0.3) is 5.91 Å². The second kappa shape index (κ2) is 18.1. The lowest BCUT2D eigenvalue weighted by atomic mass is 9.78. The van der Waals surface area contributed by atoms with Crippen molar-refractivity contribution in [3.8, 4) is 11.5 Å². The number of phenols is 1. The number of piperazine rings is 1. The lowest BCUT2D eigenvalue weighted by Gasteiger charge is -2.38. The van der Waals surface area contributed by atoms with E-state index in [9.17, 15) is 39.6 Å². The van der Waals surface area contributed by atoms with E-state index in [-0.39, 0.29) is 60.8 Å². The molecular formula is C48H58N4O13. The Balaban J connectivity index is 1.48. The molecule has 1 amide bonds. The molecule has 348 valence electrons. The number of aliphatic hydroxyl groups is 3. The summed E-state index contributed by atoms with van der Waals surface area (Å²) in [5.74, 6) is -6.92. The Morgan fingerprint density at radius 1 is 0.938 bits per heavy atom. The smallest absolute Gasteiger partial charge is 0.307 e. The Morgan fingerprint density at radius 2 is 1.63 bits per heavy atom. The molecule has 1 saturated heterocycles. The fraction of sp³-hybridized carbons (Fsp3) is 0.479. The van der Waals surface area contributed by atoms with Gasteiger partial charge in [-0.3, -0.25) is 19.2 Å². The normalized spacial score (nSPS) is 30.2. The number of carbonyl (C=O) groups is 2. The molecule has 0 saturated carbocycles. The number of fused-ring (bicyclic) bond motifs is 2. The van der Waals surface area contributed by atoms with Gasteiger partial charge in [-0.05, 0) is 27.0 Å². The molecule has 9 atom stereocenters. The molecule has 7 rings (SSSR count). The molecule has 3 aliphatic heterocycles. The Bertz CT molecular complexity index is 2830. The van der Waals surface area contributed by atoms with Crippen LogP contribution in [0.2, 0.25) is 0 Å². The zero-order valence-corrected chi connectivity index (χ0v) is 38.3. The molecule has 65 heavy (non-hydrogen) atoms. The third-order valence-corrected chi connectivity index (χ3v) is 13.3. The first-order valence-electron chi connectivity index (χ1n) is 21.8. The maximum absolute atomic E-state index is 14.8. The van der Waals surface area contributed by atoms with Gasteiger partial charge in [-0.15, -0.1) is 0 Å². The minimum Gasteiger partial charge on any atom is -0.507 e.